The molecule has 0 atom stereocenters. The highest BCUT2D eigenvalue weighted by molar-refractivity contribution is 14.0. The van der Waals surface area contributed by atoms with Crippen molar-refractivity contribution in [1.29, 1.82) is 0 Å². The van der Waals surface area contributed by atoms with Crippen LogP contribution in [0.15, 0.2) is 29.3 Å². The number of likely N-dealkylation sites (tertiary alicyclic amines) is 2. The van der Waals surface area contributed by atoms with E-state index in [1.165, 1.54) is 58.3 Å². The predicted octanol–water partition coefficient (Wildman–Crippen LogP) is 2.93. The lowest BCUT2D eigenvalue weighted by molar-refractivity contribution is 0.0173. The van der Waals surface area contributed by atoms with Crippen molar-refractivity contribution in [3.63, 3.8) is 0 Å². The van der Waals surface area contributed by atoms with Gasteiger partial charge in [-0.2, -0.15) is 0 Å². The molecule has 2 aliphatic rings. The number of piperidine rings is 2. The maximum absolute atomic E-state index is 5.46. The van der Waals surface area contributed by atoms with Crippen LogP contribution < -0.4 is 15.4 Å². The van der Waals surface area contributed by atoms with Gasteiger partial charge in [0.05, 0.1) is 7.11 Å². The summed E-state index contributed by atoms with van der Waals surface area (Å²) in [6, 6.07) is 8.12. The summed E-state index contributed by atoms with van der Waals surface area (Å²) < 4.78 is 5.46. The van der Waals surface area contributed by atoms with Gasteiger partial charge >= 0.3 is 0 Å². The number of methoxy groups -OCH3 is 1. The summed E-state index contributed by atoms with van der Waals surface area (Å²) in [6.45, 7) is 6.46. The summed E-state index contributed by atoms with van der Waals surface area (Å²) in [7, 11) is 5.80. The molecule has 2 N–H and O–H groups in total. The van der Waals surface area contributed by atoms with Gasteiger partial charge in [-0.05, 0) is 65.0 Å². The third kappa shape index (κ3) is 6.46. The number of hydrogen-bond donors (Lipinski definition) is 2. The van der Waals surface area contributed by atoms with Crippen molar-refractivity contribution < 1.29 is 4.74 Å². The van der Waals surface area contributed by atoms with Crippen molar-refractivity contribution in [1.82, 2.24) is 20.4 Å². The van der Waals surface area contributed by atoms with Crippen molar-refractivity contribution in [2.24, 2.45) is 4.99 Å². The highest BCUT2D eigenvalue weighted by Gasteiger charge is 2.39. The van der Waals surface area contributed by atoms with Crippen LogP contribution in [0.25, 0.3) is 0 Å². The van der Waals surface area contributed by atoms with Gasteiger partial charge in [0.15, 0.2) is 5.96 Å². The number of ether oxygens (including phenoxy) is 1. The van der Waals surface area contributed by atoms with Gasteiger partial charge in [-0.25, -0.2) is 0 Å². The number of para-hydroxylation sites is 1. The van der Waals surface area contributed by atoms with Crippen molar-refractivity contribution in [3.05, 3.63) is 29.8 Å². The third-order valence-corrected chi connectivity index (χ3v) is 6.39. The number of aliphatic imine (C=N–C) groups is 1. The first kappa shape index (κ1) is 24.2. The van der Waals surface area contributed by atoms with E-state index in [0.717, 1.165) is 23.8 Å². The van der Waals surface area contributed by atoms with Gasteiger partial charge in [0.2, 0.25) is 0 Å². The zero-order valence-electron chi connectivity index (χ0n) is 18.2. The first-order valence-electron chi connectivity index (χ1n) is 10.7. The minimum atomic E-state index is 0. The minimum absolute atomic E-state index is 0. The molecule has 0 bridgehead atoms. The van der Waals surface area contributed by atoms with Crippen LogP contribution in [-0.2, 0) is 6.54 Å². The number of nitrogens with one attached hydrogen (secondary N) is 2. The molecule has 1 aromatic rings. The van der Waals surface area contributed by atoms with Crippen LogP contribution in [0, 0.1) is 0 Å². The normalized spacial score (nSPS) is 20.6. The van der Waals surface area contributed by atoms with E-state index in [4.69, 9.17) is 4.74 Å². The molecule has 0 radical (unpaired) electrons. The summed E-state index contributed by atoms with van der Waals surface area (Å²) >= 11 is 0. The maximum atomic E-state index is 5.46. The summed E-state index contributed by atoms with van der Waals surface area (Å²) in [5, 5.41) is 7.10. The van der Waals surface area contributed by atoms with E-state index >= 15 is 0 Å². The minimum Gasteiger partial charge on any atom is -0.496 e. The van der Waals surface area contributed by atoms with E-state index in [9.17, 15) is 0 Å². The summed E-state index contributed by atoms with van der Waals surface area (Å²) in [5.74, 6) is 1.77. The SMILES string of the molecule is CN=C(NCc1ccccc1OC)NCC1(N2CCCCC2)CCN(C)CC1.I. The summed E-state index contributed by atoms with van der Waals surface area (Å²) in [4.78, 5) is 9.67. The number of nitrogens with zero attached hydrogens (tertiary/aromatic N) is 3. The van der Waals surface area contributed by atoms with Crippen LogP contribution in [0.2, 0.25) is 0 Å². The molecule has 0 saturated carbocycles. The molecule has 0 aliphatic carbocycles. The smallest absolute Gasteiger partial charge is 0.191 e. The summed E-state index contributed by atoms with van der Waals surface area (Å²) in [6.07, 6.45) is 6.48. The predicted molar refractivity (Wildman–Crippen MR) is 131 cm³/mol. The van der Waals surface area contributed by atoms with Gasteiger partial charge in [0, 0.05) is 31.2 Å². The Hall–Kier alpha value is -1.06. The molecule has 2 saturated heterocycles. The molecule has 2 aliphatic heterocycles. The monoisotopic (exact) mass is 515 g/mol. The molecule has 164 valence electrons. The second kappa shape index (κ2) is 12.0. The largest absolute Gasteiger partial charge is 0.496 e. The van der Waals surface area contributed by atoms with Crippen LogP contribution in [-0.4, -0.2) is 75.2 Å². The van der Waals surface area contributed by atoms with Gasteiger partial charge in [-0.3, -0.25) is 9.89 Å². The molecule has 0 unspecified atom stereocenters. The van der Waals surface area contributed by atoms with Crippen molar-refractivity contribution in [3.8, 4) is 5.75 Å². The average Bonchev–Trinajstić information content (AvgIpc) is 2.76. The fraction of sp³-hybridized carbons (Fsp3) is 0.682. The zero-order chi connectivity index (χ0) is 19.8. The molecule has 29 heavy (non-hydrogen) atoms. The van der Waals surface area contributed by atoms with Crippen LogP contribution in [0.5, 0.6) is 5.75 Å². The first-order valence-corrected chi connectivity index (χ1v) is 10.7. The van der Waals surface area contributed by atoms with E-state index in [1.807, 2.05) is 25.2 Å². The van der Waals surface area contributed by atoms with Crippen LogP contribution in [0.1, 0.15) is 37.7 Å². The second-order valence-electron chi connectivity index (χ2n) is 8.17. The average molecular weight is 515 g/mol. The van der Waals surface area contributed by atoms with Crippen LogP contribution in [0.4, 0.5) is 0 Å². The molecule has 1 aromatic carbocycles. The fourth-order valence-electron chi connectivity index (χ4n) is 4.50. The Kier molecular flexibility index (Phi) is 9.98. The molecular weight excluding hydrogens is 477 g/mol. The van der Waals surface area contributed by atoms with Gasteiger partial charge in [0.25, 0.3) is 0 Å². The molecular formula is C22H38IN5O. The highest BCUT2D eigenvalue weighted by atomic mass is 127. The molecule has 3 rings (SSSR count). The third-order valence-electron chi connectivity index (χ3n) is 6.39. The topological polar surface area (TPSA) is 52.1 Å². The van der Waals surface area contributed by atoms with Gasteiger partial charge in [-0.1, -0.05) is 24.6 Å². The van der Waals surface area contributed by atoms with Crippen molar-refractivity contribution >= 4 is 29.9 Å². The lowest BCUT2D eigenvalue weighted by atomic mass is 9.84. The number of guanidine groups is 1. The molecule has 2 heterocycles. The lowest BCUT2D eigenvalue weighted by Crippen LogP contribution is -2.62. The van der Waals surface area contributed by atoms with Crippen LogP contribution in [0.3, 0.4) is 0 Å². The zero-order valence-corrected chi connectivity index (χ0v) is 20.6. The quantitative estimate of drug-likeness (QED) is 0.347. The standard InChI is InChI=1S/C22H37N5O.HI/c1-23-21(24-17-19-9-5-6-10-20(19)28-3)25-18-22(11-15-26(2)16-12-22)27-13-7-4-8-14-27;/h5-6,9-10H,4,7-8,11-18H2,1-3H3,(H2,23,24,25);1H. The Morgan fingerprint density at radius 1 is 1.07 bits per heavy atom. The lowest BCUT2D eigenvalue weighted by Gasteiger charge is -2.50. The fourth-order valence-corrected chi connectivity index (χ4v) is 4.50. The van der Waals surface area contributed by atoms with Crippen molar-refractivity contribution in [2.75, 3.05) is 53.9 Å². The van der Waals surface area contributed by atoms with E-state index in [0.29, 0.717) is 6.54 Å². The summed E-state index contributed by atoms with van der Waals surface area (Å²) in [5.41, 5.74) is 1.38. The van der Waals surface area contributed by atoms with Gasteiger partial charge in [-0.15, -0.1) is 24.0 Å². The number of hydrogen-bond acceptors (Lipinski definition) is 4. The van der Waals surface area contributed by atoms with Crippen LogP contribution >= 0.6 is 24.0 Å². The Morgan fingerprint density at radius 2 is 1.76 bits per heavy atom. The molecule has 0 spiro atoms. The molecule has 0 aromatic heterocycles. The van der Waals surface area contributed by atoms with E-state index < -0.39 is 0 Å². The van der Waals surface area contributed by atoms with Gasteiger partial charge < -0.3 is 20.3 Å². The Morgan fingerprint density at radius 3 is 2.41 bits per heavy atom. The van der Waals surface area contributed by atoms with E-state index in [2.05, 4.69) is 38.5 Å². The number of rotatable bonds is 6. The first-order chi connectivity index (χ1) is 13.7. The van der Waals surface area contributed by atoms with E-state index in [-0.39, 0.29) is 29.5 Å². The Balaban J connectivity index is 0.00000300. The molecule has 0 amide bonds. The highest BCUT2D eigenvalue weighted by Crippen LogP contribution is 2.30. The van der Waals surface area contributed by atoms with E-state index in [1.54, 1.807) is 7.11 Å². The molecule has 6 nitrogen and oxygen atoms in total. The molecule has 2 fully saturated rings. The maximum Gasteiger partial charge on any atom is 0.191 e. The molecule has 7 heteroatoms. The number of halogens is 1. The number of benzene rings is 1. The van der Waals surface area contributed by atoms with Crippen molar-refractivity contribution in [2.45, 2.75) is 44.2 Å². The Bertz CT molecular complexity index is 640. The van der Waals surface area contributed by atoms with Gasteiger partial charge in [0.1, 0.15) is 5.75 Å². The Labute approximate surface area is 193 Å². The second-order valence-corrected chi connectivity index (χ2v) is 8.17.